The lowest BCUT2D eigenvalue weighted by molar-refractivity contribution is -0.142. The minimum absolute atomic E-state index is 0.195. The van der Waals surface area contributed by atoms with E-state index in [0.29, 0.717) is 18.3 Å². The largest absolute Gasteiger partial charge is 0.490 e. The van der Waals surface area contributed by atoms with Crippen LogP contribution in [0.4, 0.5) is 8.78 Å². The van der Waals surface area contributed by atoms with Crippen LogP contribution in [0.3, 0.4) is 0 Å². The number of ether oxygens (including phenoxy) is 1. The Kier molecular flexibility index (Phi) is 7.35. The minimum atomic E-state index is -5.90. The van der Waals surface area contributed by atoms with Crippen LogP contribution in [-0.4, -0.2) is 58.5 Å². The summed E-state index contributed by atoms with van der Waals surface area (Å²) in [5.74, 6) is -4.28. The van der Waals surface area contributed by atoms with Crippen LogP contribution in [0.2, 0.25) is 0 Å². The van der Waals surface area contributed by atoms with Crippen LogP contribution in [0.25, 0.3) is 0 Å². The van der Waals surface area contributed by atoms with Crippen LogP contribution in [0.15, 0.2) is 34.5 Å². The van der Waals surface area contributed by atoms with Gasteiger partial charge in [0.05, 0.1) is 6.61 Å². The van der Waals surface area contributed by atoms with Gasteiger partial charge in [-0.1, -0.05) is 6.08 Å². The molecule has 0 amide bonds. The van der Waals surface area contributed by atoms with Gasteiger partial charge in [-0.15, -0.1) is 6.58 Å². The third-order valence-electron chi connectivity index (χ3n) is 3.81. The van der Waals surface area contributed by atoms with Crippen molar-refractivity contribution in [3.63, 3.8) is 0 Å². The highest BCUT2D eigenvalue weighted by atomic mass is 31.3. The zero-order valence-electron chi connectivity index (χ0n) is 15.3. The molecule has 1 aliphatic rings. The van der Waals surface area contributed by atoms with Gasteiger partial charge in [-0.05, 0) is 0 Å². The molecule has 0 radical (unpaired) electrons. The lowest BCUT2D eigenvalue weighted by Gasteiger charge is -2.28. The highest BCUT2D eigenvalue weighted by molar-refractivity contribution is 7.66. The van der Waals surface area contributed by atoms with Gasteiger partial charge >= 0.3 is 35.1 Å². The van der Waals surface area contributed by atoms with Gasteiger partial charge in [0, 0.05) is 12.3 Å². The molecule has 1 fully saturated rings. The van der Waals surface area contributed by atoms with Crippen molar-refractivity contribution in [2.45, 2.75) is 23.9 Å². The summed E-state index contributed by atoms with van der Waals surface area (Å²) in [4.78, 5) is 60.1. The molecule has 1 aliphatic heterocycles. The third kappa shape index (κ3) is 5.94. The summed E-state index contributed by atoms with van der Waals surface area (Å²) in [7, 11) is -17.3. The van der Waals surface area contributed by atoms with Crippen LogP contribution < -0.4 is 11.2 Å². The molecule has 0 aliphatic carbocycles. The number of nitrogens with zero attached hydrogens (tertiary/aromatic N) is 1. The number of alkyl halides is 2. The first-order chi connectivity index (χ1) is 14.3. The Balaban J connectivity index is 2.29. The number of phosphoric ester groups is 1. The Hall–Kier alpha value is -1.39. The lowest BCUT2D eigenvalue weighted by Crippen LogP contribution is -2.48. The zero-order valence-corrected chi connectivity index (χ0v) is 17.9. The molecule has 182 valence electrons. The molecule has 1 saturated heterocycles. The predicted molar refractivity (Wildman–Crippen MR) is 95.1 cm³/mol. The fourth-order valence-corrected chi connectivity index (χ4v) is 5.54. The number of aromatic nitrogens is 2. The molecular weight excluding hydrogens is 515 g/mol. The first-order valence-electron chi connectivity index (χ1n) is 7.81. The van der Waals surface area contributed by atoms with Gasteiger partial charge in [-0.2, -0.15) is 17.4 Å². The Bertz CT molecular complexity index is 1150. The molecule has 0 saturated carbocycles. The fraction of sp³-hybridized carbons (Fsp3) is 0.455. The molecule has 0 spiro atoms. The minimum Gasteiger partial charge on any atom is -0.383 e. The number of hydrogen-bond donors (Lipinski definition) is 6. The smallest absolute Gasteiger partial charge is 0.383 e. The Morgan fingerprint density at radius 3 is 2.28 bits per heavy atom. The summed E-state index contributed by atoms with van der Waals surface area (Å²) in [6.45, 7) is 1.62. The second kappa shape index (κ2) is 8.76. The van der Waals surface area contributed by atoms with E-state index in [2.05, 4.69) is 19.7 Å². The molecule has 2 rings (SSSR count). The second-order valence-electron chi connectivity index (χ2n) is 6.09. The average Bonchev–Trinajstić information content (AvgIpc) is 2.78. The van der Waals surface area contributed by atoms with E-state index in [4.69, 9.17) is 19.4 Å². The molecule has 2 heterocycles. The number of aromatic amines is 1. The summed E-state index contributed by atoms with van der Waals surface area (Å²) in [5.41, 5.74) is -5.02. The Labute approximate surface area is 175 Å². The monoisotopic (exact) mass is 530 g/mol. The molecule has 21 heteroatoms. The average molecular weight is 530 g/mol. The van der Waals surface area contributed by atoms with Gasteiger partial charge in [0.15, 0.2) is 6.10 Å². The molecule has 16 nitrogen and oxygen atoms in total. The Morgan fingerprint density at radius 2 is 1.78 bits per heavy atom. The van der Waals surface area contributed by atoms with Crippen LogP contribution >= 0.6 is 23.5 Å². The molecule has 1 aromatic heterocycles. The van der Waals surface area contributed by atoms with Crippen molar-refractivity contribution in [3.05, 3.63) is 45.8 Å². The van der Waals surface area contributed by atoms with Gasteiger partial charge < -0.3 is 29.4 Å². The maximum Gasteiger partial charge on any atom is 0.490 e. The van der Waals surface area contributed by atoms with Crippen molar-refractivity contribution in [3.8, 4) is 0 Å². The quantitative estimate of drug-likeness (QED) is 0.171. The molecule has 1 aromatic rings. The van der Waals surface area contributed by atoms with Gasteiger partial charge in [0.2, 0.25) is 6.23 Å². The van der Waals surface area contributed by atoms with E-state index in [1.54, 1.807) is 4.98 Å². The van der Waals surface area contributed by atoms with E-state index in [0.717, 1.165) is 0 Å². The summed E-state index contributed by atoms with van der Waals surface area (Å²) < 4.78 is 79.4. The summed E-state index contributed by atoms with van der Waals surface area (Å²) in [6.07, 6.45) is -4.34. The first kappa shape index (κ1) is 26.9. The van der Waals surface area contributed by atoms with Crippen molar-refractivity contribution >= 4 is 23.5 Å². The van der Waals surface area contributed by atoms with Crippen LogP contribution in [0, 0.1) is 0 Å². The predicted octanol–water partition coefficient (Wildman–Crippen LogP) is -0.670. The SMILES string of the molecule is C=C[C@]1(COP(=O)(O)OP(=O)(O)OP(=O)(O)O)OC(n2ccc(=O)[nH]c2=O)C(F)(F)[C@@H]1O. The molecular formula is C11H15F2N2O14P3. The third-order valence-corrected chi connectivity index (χ3v) is 7.59. The fourth-order valence-electron chi connectivity index (χ4n) is 2.48. The standard InChI is InChI=1S/C11H15F2N2O14P3/c1-2-10(5-26-31(22,23)29-32(24,25)28-30(19,20)21)7(17)11(12,13)8(27-10)15-4-3-6(16)14-9(15)18/h2-4,7-8,17H,1,5H2,(H,22,23)(H,24,25)(H,14,16,18)(H2,19,20,21)/t7-,8?,10-/m1/s1. The molecule has 3 unspecified atom stereocenters. The molecule has 0 bridgehead atoms. The van der Waals surface area contributed by atoms with E-state index in [1.165, 1.54) is 0 Å². The van der Waals surface area contributed by atoms with E-state index < -0.39 is 65.2 Å². The first-order valence-corrected chi connectivity index (χ1v) is 12.3. The van der Waals surface area contributed by atoms with E-state index >= 15 is 0 Å². The van der Waals surface area contributed by atoms with Crippen molar-refractivity contribution in [1.82, 2.24) is 9.55 Å². The zero-order chi connectivity index (χ0) is 24.8. The number of hydrogen-bond acceptors (Lipinski definition) is 10. The highest BCUT2D eigenvalue weighted by Crippen LogP contribution is 2.66. The number of halogens is 2. The summed E-state index contributed by atoms with van der Waals surface area (Å²) in [5, 5.41) is 10.1. The number of phosphoric acid groups is 3. The van der Waals surface area contributed by atoms with Crippen LogP contribution in [0.5, 0.6) is 0 Å². The number of aliphatic hydroxyl groups is 1. The highest BCUT2D eigenvalue weighted by Gasteiger charge is 2.66. The van der Waals surface area contributed by atoms with Gasteiger partial charge in [0.25, 0.3) is 5.56 Å². The summed E-state index contributed by atoms with van der Waals surface area (Å²) in [6, 6.07) is 0.688. The molecule has 0 aromatic carbocycles. The molecule has 6 N–H and O–H groups in total. The number of H-pyrrole nitrogens is 1. The number of rotatable bonds is 9. The maximum atomic E-state index is 14.6. The topological polar surface area (TPSA) is 244 Å². The van der Waals surface area contributed by atoms with E-state index in [9.17, 15) is 42.1 Å². The van der Waals surface area contributed by atoms with Crippen molar-refractivity contribution in [1.29, 1.82) is 0 Å². The van der Waals surface area contributed by atoms with E-state index in [1.807, 2.05) is 0 Å². The van der Waals surface area contributed by atoms with Crippen molar-refractivity contribution < 1.29 is 65.0 Å². The number of aliphatic hydroxyl groups excluding tert-OH is 1. The Morgan fingerprint density at radius 1 is 1.19 bits per heavy atom. The van der Waals surface area contributed by atoms with Gasteiger partial charge in [-0.25, -0.2) is 18.5 Å². The van der Waals surface area contributed by atoms with E-state index in [-0.39, 0.29) is 4.57 Å². The van der Waals surface area contributed by atoms with Gasteiger partial charge in [-0.3, -0.25) is 18.9 Å². The molecule has 5 atom stereocenters. The van der Waals surface area contributed by atoms with Crippen LogP contribution in [-0.2, 0) is 31.6 Å². The maximum absolute atomic E-state index is 14.6. The van der Waals surface area contributed by atoms with Crippen molar-refractivity contribution in [2.75, 3.05) is 6.61 Å². The van der Waals surface area contributed by atoms with Crippen molar-refractivity contribution in [2.24, 2.45) is 0 Å². The molecule has 32 heavy (non-hydrogen) atoms. The lowest BCUT2D eigenvalue weighted by atomic mass is 9.95. The second-order valence-corrected chi connectivity index (χ2v) is 10.5. The van der Waals surface area contributed by atoms with Crippen LogP contribution in [0.1, 0.15) is 6.23 Å². The normalized spacial score (nSPS) is 29.2. The van der Waals surface area contributed by atoms with Gasteiger partial charge in [0.1, 0.15) is 5.60 Å². The number of nitrogens with one attached hydrogen (secondary N) is 1. The summed E-state index contributed by atoms with van der Waals surface area (Å²) >= 11 is 0.